The summed E-state index contributed by atoms with van der Waals surface area (Å²) in [6.45, 7) is 7.60. The second-order valence-electron chi connectivity index (χ2n) is 5.29. The lowest BCUT2D eigenvalue weighted by Crippen LogP contribution is -2.58. The molecule has 0 amide bonds. The van der Waals surface area contributed by atoms with Gasteiger partial charge in [-0.3, -0.25) is 4.90 Å². The molecule has 15 heavy (non-hydrogen) atoms. The van der Waals surface area contributed by atoms with Crippen molar-refractivity contribution in [3.63, 3.8) is 0 Å². The minimum Gasteiger partial charge on any atom is -0.375 e. The van der Waals surface area contributed by atoms with E-state index in [9.17, 15) is 0 Å². The average molecular weight is 212 g/mol. The largest absolute Gasteiger partial charge is 0.375 e. The molecule has 3 nitrogen and oxygen atoms in total. The predicted octanol–water partition coefficient (Wildman–Crippen LogP) is 1.37. The first-order chi connectivity index (χ1) is 7.16. The predicted molar refractivity (Wildman–Crippen MR) is 61.8 cm³/mol. The lowest BCUT2D eigenvalue weighted by molar-refractivity contribution is -0.0982. The van der Waals surface area contributed by atoms with Crippen molar-refractivity contribution in [2.24, 2.45) is 5.73 Å². The molecular weight excluding hydrogens is 188 g/mol. The van der Waals surface area contributed by atoms with Crippen molar-refractivity contribution >= 4 is 0 Å². The molecule has 2 rings (SSSR count). The summed E-state index contributed by atoms with van der Waals surface area (Å²) in [7, 11) is 0. The van der Waals surface area contributed by atoms with E-state index in [-0.39, 0.29) is 5.54 Å². The molecule has 2 atom stereocenters. The van der Waals surface area contributed by atoms with Crippen LogP contribution in [0, 0.1) is 0 Å². The summed E-state index contributed by atoms with van der Waals surface area (Å²) < 4.78 is 5.82. The van der Waals surface area contributed by atoms with E-state index in [1.54, 1.807) is 0 Å². The van der Waals surface area contributed by atoms with Gasteiger partial charge in [0.15, 0.2) is 0 Å². The molecule has 0 radical (unpaired) electrons. The van der Waals surface area contributed by atoms with Crippen LogP contribution < -0.4 is 5.73 Å². The molecule has 0 bridgehead atoms. The third-order valence-corrected chi connectivity index (χ3v) is 3.96. The van der Waals surface area contributed by atoms with Crippen molar-refractivity contribution in [3.05, 3.63) is 0 Å². The Hall–Kier alpha value is -0.120. The Morgan fingerprint density at radius 1 is 1.20 bits per heavy atom. The van der Waals surface area contributed by atoms with E-state index in [1.165, 1.54) is 25.9 Å². The van der Waals surface area contributed by atoms with Crippen LogP contribution in [0.3, 0.4) is 0 Å². The zero-order chi connectivity index (χ0) is 10.9. The van der Waals surface area contributed by atoms with Gasteiger partial charge in [-0.05, 0) is 52.6 Å². The number of ether oxygens (including phenoxy) is 1. The first kappa shape index (κ1) is 11.4. The smallest absolute Gasteiger partial charge is 0.0568 e. The van der Waals surface area contributed by atoms with Gasteiger partial charge < -0.3 is 10.5 Å². The van der Waals surface area contributed by atoms with Crippen LogP contribution in [0.2, 0.25) is 0 Å². The van der Waals surface area contributed by atoms with Crippen LogP contribution in [-0.2, 0) is 4.74 Å². The Balaban J connectivity index is 2.11. The zero-order valence-corrected chi connectivity index (χ0v) is 10.0. The summed E-state index contributed by atoms with van der Waals surface area (Å²) in [5.41, 5.74) is 6.28. The van der Waals surface area contributed by atoms with Crippen LogP contribution >= 0.6 is 0 Å². The van der Waals surface area contributed by atoms with Gasteiger partial charge in [-0.1, -0.05) is 0 Å². The van der Waals surface area contributed by atoms with Crippen LogP contribution in [0.25, 0.3) is 0 Å². The maximum Gasteiger partial charge on any atom is 0.0568 e. The molecule has 2 unspecified atom stereocenters. The van der Waals surface area contributed by atoms with E-state index in [2.05, 4.69) is 18.7 Å². The summed E-state index contributed by atoms with van der Waals surface area (Å²) in [5.74, 6) is 0. The van der Waals surface area contributed by atoms with Gasteiger partial charge in [0, 0.05) is 12.1 Å². The summed E-state index contributed by atoms with van der Waals surface area (Å²) in [5, 5.41) is 0. The summed E-state index contributed by atoms with van der Waals surface area (Å²) in [6, 6.07) is 0. The Bertz CT molecular complexity index is 204. The van der Waals surface area contributed by atoms with E-state index in [0.717, 1.165) is 19.4 Å². The molecule has 2 aliphatic rings. The molecule has 3 heteroatoms. The van der Waals surface area contributed by atoms with E-state index in [0.29, 0.717) is 12.2 Å². The Labute approximate surface area is 93.0 Å². The molecule has 2 fully saturated rings. The second kappa shape index (κ2) is 4.40. The number of likely N-dealkylation sites (tertiary alicyclic amines) is 1. The normalized spacial score (nSPS) is 43.4. The molecule has 0 spiro atoms. The highest BCUT2D eigenvalue weighted by molar-refractivity contribution is 4.98. The van der Waals surface area contributed by atoms with Gasteiger partial charge in [0.1, 0.15) is 0 Å². The third kappa shape index (κ3) is 2.19. The molecule has 88 valence electrons. The maximum absolute atomic E-state index is 6.05. The van der Waals surface area contributed by atoms with Crippen LogP contribution in [0.15, 0.2) is 0 Å². The molecule has 2 heterocycles. The average Bonchev–Trinajstić information content (AvgIpc) is 2.69. The standard InChI is InChI=1S/C12H24N2O/c1-10-7-12(9-13,8-11(2)15-10)14-5-3-4-6-14/h10-11H,3-9,13H2,1-2H3. The molecule has 2 saturated heterocycles. The van der Waals surface area contributed by atoms with Gasteiger partial charge >= 0.3 is 0 Å². The number of hydrogen-bond donors (Lipinski definition) is 1. The molecule has 2 N–H and O–H groups in total. The van der Waals surface area contributed by atoms with Crippen LogP contribution in [-0.4, -0.2) is 42.3 Å². The molecule has 2 aliphatic heterocycles. The zero-order valence-electron chi connectivity index (χ0n) is 10.0. The van der Waals surface area contributed by atoms with Gasteiger partial charge in [-0.2, -0.15) is 0 Å². The lowest BCUT2D eigenvalue weighted by Gasteiger charge is -2.48. The first-order valence-corrected chi connectivity index (χ1v) is 6.27. The van der Waals surface area contributed by atoms with E-state index in [1.807, 2.05) is 0 Å². The van der Waals surface area contributed by atoms with Gasteiger partial charge in [0.05, 0.1) is 12.2 Å². The number of rotatable bonds is 2. The summed E-state index contributed by atoms with van der Waals surface area (Å²) >= 11 is 0. The number of hydrogen-bond acceptors (Lipinski definition) is 3. The molecule has 0 aromatic rings. The quantitative estimate of drug-likeness (QED) is 0.751. The minimum absolute atomic E-state index is 0.230. The van der Waals surface area contributed by atoms with Crippen molar-refractivity contribution in [3.8, 4) is 0 Å². The Morgan fingerprint density at radius 3 is 2.20 bits per heavy atom. The minimum atomic E-state index is 0.230. The van der Waals surface area contributed by atoms with Gasteiger partial charge in [-0.25, -0.2) is 0 Å². The fraction of sp³-hybridized carbons (Fsp3) is 1.00. The molecular formula is C12H24N2O. The Morgan fingerprint density at radius 2 is 1.73 bits per heavy atom. The van der Waals surface area contributed by atoms with Crippen LogP contribution in [0.4, 0.5) is 0 Å². The number of nitrogens with zero attached hydrogens (tertiary/aromatic N) is 1. The third-order valence-electron chi connectivity index (χ3n) is 3.96. The van der Waals surface area contributed by atoms with Crippen LogP contribution in [0.1, 0.15) is 39.5 Å². The van der Waals surface area contributed by atoms with Crippen molar-refractivity contribution in [2.75, 3.05) is 19.6 Å². The van der Waals surface area contributed by atoms with E-state index in [4.69, 9.17) is 10.5 Å². The van der Waals surface area contributed by atoms with E-state index < -0.39 is 0 Å². The summed E-state index contributed by atoms with van der Waals surface area (Å²) in [4.78, 5) is 2.61. The second-order valence-corrected chi connectivity index (χ2v) is 5.29. The summed E-state index contributed by atoms with van der Waals surface area (Å²) in [6.07, 6.45) is 5.61. The fourth-order valence-electron chi connectivity index (χ4n) is 3.39. The van der Waals surface area contributed by atoms with Crippen molar-refractivity contribution < 1.29 is 4.74 Å². The monoisotopic (exact) mass is 212 g/mol. The highest BCUT2D eigenvalue weighted by Gasteiger charge is 2.42. The van der Waals surface area contributed by atoms with Crippen LogP contribution in [0.5, 0.6) is 0 Å². The number of nitrogens with two attached hydrogens (primary N) is 1. The van der Waals surface area contributed by atoms with Gasteiger partial charge in [0.2, 0.25) is 0 Å². The topological polar surface area (TPSA) is 38.5 Å². The maximum atomic E-state index is 6.05. The fourth-order valence-corrected chi connectivity index (χ4v) is 3.39. The lowest BCUT2D eigenvalue weighted by atomic mass is 9.82. The van der Waals surface area contributed by atoms with Crippen molar-refractivity contribution in [1.29, 1.82) is 0 Å². The molecule has 0 aliphatic carbocycles. The molecule has 0 saturated carbocycles. The molecule has 0 aromatic heterocycles. The SMILES string of the molecule is CC1CC(CN)(N2CCCC2)CC(C)O1. The van der Waals surface area contributed by atoms with Gasteiger partial charge in [0.25, 0.3) is 0 Å². The van der Waals surface area contributed by atoms with Crippen molar-refractivity contribution in [1.82, 2.24) is 4.90 Å². The molecule has 0 aromatic carbocycles. The Kier molecular flexibility index (Phi) is 3.33. The first-order valence-electron chi connectivity index (χ1n) is 6.27. The van der Waals surface area contributed by atoms with E-state index >= 15 is 0 Å². The van der Waals surface area contributed by atoms with Gasteiger partial charge in [-0.15, -0.1) is 0 Å². The highest BCUT2D eigenvalue weighted by Crippen LogP contribution is 2.35. The highest BCUT2D eigenvalue weighted by atomic mass is 16.5. The van der Waals surface area contributed by atoms with Crippen molar-refractivity contribution in [2.45, 2.75) is 57.3 Å².